The Morgan fingerprint density at radius 3 is 2.82 bits per heavy atom. The fourth-order valence-corrected chi connectivity index (χ4v) is 4.75. The molecule has 8 heteroatoms. The largest absolute Gasteiger partial charge is 0.495 e. The maximum atomic E-state index is 10.0. The second-order valence-corrected chi connectivity index (χ2v) is 7.55. The summed E-state index contributed by atoms with van der Waals surface area (Å²) in [6.45, 7) is 4.73. The first kappa shape index (κ1) is 18.7. The van der Waals surface area contributed by atoms with E-state index in [4.69, 9.17) is 15.2 Å². The minimum absolute atomic E-state index is 0.173. The van der Waals surface area contributed by atoms with Gasteiger partial charge in [0.05, 0.1) is 30.7 Å². The molecule has 146 valence electrons. The monoisotopic (exact) mass is 398 g/mol. The Kier molecular flexibility index (Phi) is 4.92. The van der Waals surface area contributed by atoms with Crippen molar-refractivity contribution in [3.05, 3.63) is 41.3 Å². The smallest absolute Gasteiger partial charge is 0.152 e. The van der Waals surface area contributed by atoms with E-state index in [0.29, 0.717) is 30.2 Å². The van der Waals surface area contributed by atoms with Gasteiger partial charge in [0.15, 0.2) is 5.82 Å². The molecule has 3 heterocycles. The van der Waals surface area contributed by atoms with Crippen LogP contribution in [0.3, 0.4) is 0 Å². The van der Waals surface area contributed by atoms with Crippen molar-refractivity contribution in [1.82, 2.24) is 14.6 Å². The lowest BCUT2D eigenvalue weighted by Crippen LogP contribution is -2.03. The number of benzene rings is 1. The number of rotatable bonds is 6. The van der Waals surface area contributed by atoms with Gasteiger partial charge in [-0.3, -0.25) is 0 Å². The number of aliphatic hydroxyl groups is 1. The fraction of sp³-hybridized carbons (Fsp3) is 0.300. The Bertz CT molecular complexity index is 1170. The van der Waals surface area contributed by atoms with Crippen LogP contribution in [0.15, 0.2) is 24.5 Å². The molecule has 1 aromatic carbocycles. The van der Waals surface area contributed by atoms with Gasteiger partial charge in [-0.05, 0) is 36.9 Å². The van der Waals surface area contributed by atoms with Crippen molar-refractivity contribution in [2.45, 2.75) is 27.1 Å². The van der Waals surface area contributed by atoms with Crippen molar-refractivity contribution in [3.8, 4) is 16.2 Å². The second kappa shape index (κ2) is 7.38. The molecule has 0 radical (unpaired) electrons. The first-order chi connectivity index (χ1) is 13.6. The number of thiophene rings is 1. The number of methoxy groups -OCH3 is 1. The van der Waals surface area contributed by atoms with Crippen LogP contribution in [-0.2, 0) is 18.0 Å². The van der Waals surface area contributed by atoms with E-state index in [1.165, 1.54) is 6.33 Å². The molecule has 0 atom stereocenters. The van der Waals surface area contributed by atoms with E-state index in [9.17, 15) is 5.11 Å². The van der Waals surface area contributed by atoms with E-state index in [1.807, 2.05) is 19.9 Å². The van der Waals surface area contributed by atoms with Gasteiger partial charge in [-0.25, -0.2) is 9.50 Å². The molecule has 0 aliphatic rings. The first-order valence-electron chi connectivity index (χ1n) is 8.99. The molecule has 3 N–H and O–H groups in total. The zero-order valence-electron chi connectivity index (χ0n) is 16.0. The summed E-state index contributed by atoms with van der Waals surface area (Å²) in [4.78, 5) is 5.17. The molecule has 0 bridgehead atoms. The molecule has 0 aliphatic carbocycles. The van der Waals surface area contributed by atoms with Crippen LogP contribution >= 0.6 is 11.3 Å². The number of nitrogen functional groups attached to an aromatic ring is 1. The molecule has 3 aromatic heterocycles. The highest BCUT2D eigenvalue weighted by molar-refractivity contribution is 7.22. The number of aliphatic hydroxyl groups excluding tert-OH is 1. The predicted octanol–water partition coefficient (Wildman–Crippen LogP) is 3.54. The Labute approximate surface area is 166 Å². The normalized spacial score (nSPS) is 11.6. The van der Waals surface area contributed by atoms with Gasteiger partial charge in [0.25, 0.3) is 0 Å². The number of ether oxygens (including phenoxy) is 2. The number of hydrogen-bond acceptors (Lipinski definition) is 7. The van der Waals surface area contributed by atoms with Gasteiger partial charge in [-0.1, -0.05) is 6.07 Å². The van der Waals surface area contributed by atoms with Crippen LogP contribution in [0, 0.1) is 6.92 Å². The lowest BCUT2D eigenvalue weighted by atomic mass is 10.1. The van der Waals surface area contributed by atoms with E-state index in [0.717, 1.165) is 37.4 Å². The van der Waals surface area contributed by atoms with Gasteiger partial charge in [0.1, 0.15) is 17.6 Å². The molecule has 4 aromatic rings. The van der Waals surface area contributed by atoms with Crippen LogP contribution in [0.4, 0.5) is 5.82 Å². The molecule has 28 heavy (non-hydrogen) atoms. The van der Waals surface area contributed by atoms with E-state index < -0.39 is 0 Å². The predicted molar refractivity (Wildman–Crippen MR) is 111 cm³/mol. The van der Waals surface area contributed by atoms with E-state index in [2.05, 4.69) is 22.2 Å². The standard InChI is InChI=1S/C20H22N4O3S/c1-4-27-9-13-14(8-25)24-18(20(21)22-10-23-24)17(13)16-7-12-5-11(2)6-15(26-3)19(12)28-16/h5-7,10,25H,4,8-9H2,1-3H3,(H2,21,22,23). The van der Waals surface area contributed by atoms with Crippen molar-refractivity contribution < 1.29 is 14.6 Å². The maximum Gasteiger partial charge on any atom is 0.152 e. The van der Waals surface area contributed by atoms with Crippen molar-refractivity contribution in [1.29, 1.82) is 0 Å². The van der Waals surface area contributed by atoms with Crippen LogP contribution in [-0.4, -0.2) is 33.4 Å². The summed E-state index contributed by atoms with van der Waals surface area (Å²) in [6, 6.07) is 6.28. The number of nitrogens with zero attached hydrogens (tertiary/aromatic N) is 3. The highest BCUT2D eigenvalue weighted by Gasteiger charge is 2.24. The average Bonchev–Trinajstić information content (AvgIpc) is 3.24. The molecule has 0 fully saturated rings. The topological polar surface area (TPSA) is 94.9 Å². The molecular formula is C20H22N4O3S. The third-order valence-corrected chi connectivity index (χ3v) is 5.94. The van der Waals surface area contributed by atoms with E-state index >= 15 is 0 Å². The molecule has 7 nitrogen and oxygen atoms in total. The number of aromatic nitrogens is 3. The highest BCUT2D eigenvalue weighted by Crippen LogP contribution is 2.44. The van der Waals surface area contributed by atoms with Crippen molar-refractivity contribution in [2.75, 3.05) is 19.5 Å². The minimum atomic E-state index is -0.173. The summed E-state index contributed by atoms with van der Waals surface area (Å²) < 4.78 is 14.0. The summed E-state index contributed by atoms with van der Waals surface area (Å²) in [5.74, 6) is 1.20. The van der Waals surface area contributed by atoms with Crippen LogP contribution in [0.2, 0.25) is 0 Å². The van der Waals surface area contributed by atoms with Gasteiger partial charge >= 0.3 is 0 Å². The molecule has 0 saturated heterocycles. The third-order valence-electron chi connectivity index (χ3n) is 4.75. The number of fused-ring (bicyclic) bond motifs is 2. The average molecular weight is 398 g/mol. The Morgan fingerprint density at radius 1 is 1.29 bits per heavy atom. The van der Waals surface area contributed by atoms with Crippen LogP contribution in [0.25, 0.3) is 26.0 Å². The zero-order chi connectivity index (χ0) is 19.8. The Morgan fingerprint density at radius 2 is 2.11 bits per heavy atom. The molecule has 0 saturated carbocycles. The fourth-order valence-electron chi connectivity index (χ4n) is 3.55. The van der Waals surface area contributed by atoms with E-state index in [-0.39, 0.29) is 6.61 Å². The molecular weight excluding hydrogens is 376 g/mol. The quantitative estimate of drug-likeness (QED) is 0.516. The number of aryl methyl sites for hydroxylation is 1. The molecule has 4 rings (SSSR count). The van der Waals surface area contributed by atoms with Gasteiger partial charge in [-0.2, -0.15) is 5.10 Å². The lowest BCUT2D eigenvalue weighted by Gasteiger charge is -2.05. The summed E-state index contributed by atoms with van der Waals surface area (Å²) in [5.41, 5.74) is 10.5. The van der Waals surface area contributed by atoms with E-state index in [1.54, 1.807) is 23.0 Å². The SMILES string of the molecule is CCOCc1c(-c2cc3cc(C)cc(OC)c3s2)c2c(N)ncnn2c1CO. The lowest BCUT2D eigenvalue weighted by molar-refractivity contribution is 0.132. The first-order valence-corrected chi connectivity index (χ1v) is 9.80. The van der Waals surface area contributed by atoms with Crippen LogP contribution in [0.5, 0.6) is 5.75 Å². The summed E-state index contributed by atoms with van der Waals surface area (Å²) in [5, 5.41) is 15.4. The summed E-state index contributed by atoms with van der Waals surface area (Å²) in [7, 11) is 1.68. The van der Waals surface area contributed by atoms with Gasteiger partial charge in [0, 0.05) is 22.6 Å². The highest BCUT2D eigenvalue weighted by atomic mass is 32.1. The number of anilines is 1. The van der Waals surface area contributed by atoms with Crippen molar-refractivity contribution in [2.24, 2.45) is 0 Å². The third kappa shape index (κ3) is 2.90. The molecule has 0 unspecified atom stereocenters. The number of hydrogen-bond donors (Lipinski definition) is 2. The molecule has 0 spiro atoms. The number of nitrogens with two attached hydrogens (primary N) is 1. The molecule has 0 amide bonds. The summed E-state index contributed by atoms with van der Waals surface area (Å²) >= 11 is 1.62. The zero-order valence-corrected chi connectivity index (χ0v) is 16.8. The van der Waals surface area contributed by atoms with Gasteiger partial charge in [-0.15, -0.1) is 11.3 Å². The van der Waals surface area contributed by atoms with Crippen molar-refractivity contribution in [3.63, 3.8) is 0 Å². The Hall–Kier alpha value is -2.68. The van der Waals surface area contributed by atoms with Crippen LogP contribution < -0.4 is 10.5 Å². The molecule has 0 aliphatic heterocycles. The van der Waals surface area contributed by atoms with Crippen LogP contribution in [0.1, 0.15) is 23.7 Å². The Balaban J connectivity index is 2.06. The van der Waals surface area contributed by atoms with Gasteiger partial charge in [0.2, 0.25) is 0 Å². The second-order valence-electron chi connectivity index (χ2n) is 6.50. The maximum absolute atomic E-state index is 10.0. The minimum Gasteiger partial charge on any atom is -0.495 e. The van der Waals surface area contributed by atoms with Gasteiger partial charge < -0.3 is 20.3 Å². The van der Waals surface area contributed by atoms with Crippen molar-refractivity contribution >= 4 is 32.8 Å². The summed E-state index contributed by atoms with van der Waals surface area (Å²) in [6.07, 6.45) is 1.40.